The van der Waals surface area contributed by atoms with E-state index in [-0.39, 0.29) is 24.2 Å². The summed E-state index contributed by atoms with van der Waals surface area (Å²) in [6.07, 6.45) is 4.09. The van der Waals surface area contributed by atoms with Crippen LogP contribution in [0.3, 0.4) is 0 Å². The third kappa shape index (κ3) is 3.16. The standard InChI is InChI=1S/C10H15N3O3/c1-2-7(3-6-14)13-9-8(10(15)16)11-4-5-12-9/h4-5,7,14H,2-3,6H2,1H3,(H,12,13)(H,15,16). The molecule has 1 unspecified atom stereocenters. The lowest BCUT2D eigenvalue weighted by atomic mass is 10.1. The van der Waals surface area contributed by atoms with E-state index in [1.807, 2.05) is 6.92 Å². The molecule has 88 valence electrons. The van der Waals surface area contributed by atoms with Crippen LogP contribution >= 0.6 is 0 Å². The largest absolute Gasteiger partial charge is 0.476 e. The molecule has 3 N–H and O–H groups in total. The lowest BCUT2D eigenvalue weighted by Gasteiger charge is -2.16. The molecule has 0 saturated carbocycles. The number of carboxylic acids is 1. The number of aliphatic hydroxyl groups is 1. The average Bonchev–Trinajstić information content (AvgIpc) is 2.29. The van der Waals surface area contributed by atoms with Gasteiger partial charge in [-0.25, -0.2) is 14.8 Å². The predicted octanol–water partition coefficient (Wildman–Crippen LogP) is 0.748. The van der Waals surface area contributed by atoms with Crippen molar-refractivity contribution >= 4 is 11.8 Å². The fourth-order valence-corrected chi connectivity index (χ4v) is 1.33. The second kappa shape index (κ2) is 6.02. The monoisotopic (exact) mass is 225 g/mol. The summed E-state index contributed by atoms with van der Waals surface area (Å²) < 4.78 is 0. The number of carboxylic acid groups (broad SMARTS) is 1. The maximum Gasteiger partial charge on any atom is 0.358 e. The molecule has 0 radical (unpaired) electrons. The highest BCUT2D eigenvalue weighted by Gasteiger charge is 2.15. The number of hydrogen-bond acceptors (Lipinski definition) is 5. The second-order valence-corrected chi connectivity index (χ2v) is 3.32. The molecule has 0 aliphatic carbocycles. The molecule has 6 nitrogen and oxygen atoms in total. The molecule has 0 amide bonds. The molecule has 1 aromatic heterocycles. The summed E-state index contributed by atoms with van der Waals surface area (Å²) in [4.78, 5) is 18.5. The fraction of sp³-hybridized carbons (Fsp3) is 0.500. The molecule has 0 spiro atoms. The molecule has 0 bridgehead atoms. The van der Waals surface area contributed by atoms with Crippen LogP contribution in [0, 0.1) is 0 Å². The smallest absolute Gasteiger partial charge is 0.358 e. The van der Waals surface area contributed by atoms with Gasteiger partial charge in [0.05, 0.1) is 0 Å². The van der Waals surface area contributed by atoms with Crippen LogP contribution in [0.25, 0.3) is 0 Å². The van der Waals surface area contributed by atoms with Crippen molar-refractivity contribution < 1.29 is 15.0 Å². The van der Waals surface area contributed by atoms with Gasteiger partial charge < -0.3 is 15.5 Å². The van der Waals surface area contributed by atoms with Gasteiger partial charge >= 0.3 is 5.97 Å². The van der Waals surface area contributed by atoms with Crippen molar-refractivity contribution in [3.05, 3.63) is 18.1 Å². The van der Waals surface area contributed by atoms with Gasteiger partial charge in [-0.05, 0) is 12.8 Å². The summed E-state index contributed by atoms with van der Waals surface area (Å²) in [6.45, 7) is 2.00. The number of aromatic carboxylic acids is 1. The molecule has 6 heteroatoms. The molecular formula is C10H15N3O3. The Hall–Kier alpha value is -1.69. The zero-order chi connectivity index (χ0) is 12.0. The van der Waals surface area contributed by atoms with Crippen molar-refractivity contribution in [1.29, 1.82) is 0 Å². The maximum absolute atomic E-state index is 10.9. The third-order valence-corrected chi connectivity index (χ3v) is 2.21. The van der Waals surface area contributed by atoms with Crippen LogP contribution in [0.2, 0.25) is 0 Å². The highest BCUT2D eigenvalue weighted by atomic mass is 16.4. The Labute approximate surface area is 93.4 Å². The van der Waals surface area contributed by atoms with Crippen LogP contribution < -0.4 is 5.32 Å². The first-order valence-corrected chi connectivity index (χ1v) is 5.10. The zero-order valence-corrected chi connectivity index (χ0v) is 9.05. The molecule has 1 aromatic rings. The Morgan fingerprint density at radius 1 is 1.50 bits per heavy atom. The Balaban J connectivity index is 2.82. The van der Waals surface area contributed by atoms with Gasteiger partial charge in [0.15, 0.2) is 11.5 Å². The Kier molecular flexibility index (Phi) is 4.65. The predicted molar refractivity (Wildman–Crippen MR) is 58.4 cm³/mol. The van der Waals surface area contributed by atoms with Gasteiger partial charge in [-0.1, -0.05) is 6.92 Å². The molecule has 1 rings (SSSR count). The zero-order valence-electron chi connectivity index (χ0n) is 9.05. The molecule has 1 atom stereocenters. The van der Waals surface area contributed by atoms with Crippen LogP contribution in [0.5, 0.6) is 0 Å². The second-order valence-electron chi connectivity index (χ2n) is 3.32. The minimum atomic E-state index is -1.12. The van der Waals surface area contributed by atoms with E-state index in [9.17, 15) is 4.79 Å². The third-order valence-electron chi connectivity index (χ3n) is 2.21. The van der Waals surface area contributed by atoms with E-state index in [1.165, 1.54) is 12.4 Å². The number of aromatic nitrogens is 2. The van der Waals surface area contributed by atoms with Crippen LogP contribution in [0.4, 0.5) is 5.82 Å². The van der Waals surface area contributed by atoms with Crippen LogP contribution in [0.1, 0.15) is 30.3 Å². The Morgan fingerprint density at radius 2 is 2.19 bits per heavy atom. The minimum absolute atomic E-state index is 0.000185. The van der Waals surface area contributed by atoms with Gasteiger partial charge in [-0.3, -0.25) is 0 Å². The number of nitrogens with zero attached hydrogens (tertiary/aromatic N) is 2. The number of aliphatic hydroxyl groups excluding tert-OH is 1. The highest BCUT2D eigenvalue weighted by molar-refractivity contribution is 5.90. The van der Waals surface area contributed by atoms with E-state index in [0.29, 0.717) is 6.42 Å². The maximum atomic E-state index is 10.9. The molecule has 1 heterocycles. The van der Waals surface area contributed by atoms with E-state index in [0.717, 1.165) is 6.42 Å². The summed E-state index contributed by atoms with van der Waals surface area (Å²) >= 11 is 0. The number of carbonyl (C=O) groups is 1. The summed E-state index contributed by atoms with van der Waals surface area (Å²) in [5.74, 6) is -0.871. The first-order valence-electron chi connectivity index (χ1n) is 5.10. The topological polar surface area (TPSA) is 95.3 Å². The van der Waals surface area contributed by atoms with Gasteiger partial charge in [0, 0.05) is 25.0 Å². The lowest BCUT2D eigenvalue weighted by Crippen LogP contribution is -2.22. The Morgan fingerprint density at radius 3 is 2.75 bits per heavy atom. The van der Waals surface area contributed by atoms with E-state index < -0.39 is 5.97 Å². The fourth-order valence-electron chi connectivity index (χ4n) is 1.33. The number of rotatable bonds is 6. The van der Waals surface area contributed by atoms with Gasteiger partial charge in [0.1, 0.15) is 0 Å². The van der Waals surface area contributed by atoms with Crippen LogP contribution in [-0.4, -0.2) is 38.8 Å². The van der Waals surface area contributed by atoms with Crippen molar-refractivity contribution in [2.24, 2.45) is 0 Å². The lowest BCUT2D eigenvalue weighted by molar-refractivity contribution is 0.0691. The van der Waals surface area contributed by atoms with Gasteiger partial charge in [0.2, 0.25) is 0 Å². The van der Waals surface area contributed by atoms with E-state index in [4.69, 9.17) is 10.2 Å². The van der Waals surface area contributed by atoms with Gasteiger partial charge in [0.25, 0.3) is 0 Å². The summed E-state index contributed by atoms with van der Waals surface area (Å²) in [7, 11) is 0. The first kappa shape index (κ1) is 12.4. The molecule has 0 aliphatic rings. The van der Waals surface area contributed by atoms with Crippen molar-refractivity contribution in [1.82, 2.24) is 9.97 Å². The molecule has 16 heavy (non-hydrogen) atoms. The number of anilines is 1. The van der Waals surface area contributed by atoms with E-state index >= 15 is 0 Å². The Bertz CT molecular complexity index is 357. The van der Waals surface area contributed by atoms with Gasteiger partial charge in [-0.2, -0.15) is 0 Å². The summed E-state index contributed by atoms with van der Waals surface area (Å²) in [5, 5.41) is 20.7. The highest BCUT2D eigenvalue weighted by Crippen LogP contribution is 2.12. The number of nitrogens with one attached hydrogen (secondary N) is 1. The van der Waals surface area contributed by atoms with Crippen molar-refractivity contribution in [3.63, 3.8) is 0 Å². The van der Waals surface area contributed by atoms with Crippen LogP contribution in [-0.2, 0) is 0 Å². The quantitative estimate of drug-likeness (QED) is 0.661. The summed E-state index contributed by atoms with van der Waals surface area (Å²) in [5.41, 5.74) is -0.0983. The molecule has 0 aromatic carbocycles. The SMILES string of the molecule is CCC(CCO)Nc1nccnc1C(=O)O. The van der Waals surface area contributed by atoms with Crippen molar-refractivity contribution in [2.45, 2.75) is 25.8 Å². The normalized spacial score (nSPS) is 12.1. The van der Waals surface area contributed by atoms with E-state index in [1.54, 1.807) is 0 Å². The molecule has 0 fully saturated rings. The molecule has 0 aliphatic heterocycles. The summed E-state index contributed by atoms with van der Waals surface area (Å²) in [6, 6.07) is -0.000185. The minimum Gasteiger partial charge on any atom is -0.476 e. The van der Waals surface area contributed by atoms with Crippen molar-refractivity contribution in [2.75, 3.05) is 11.9 Å². The number of hydrogen-bond donors (Lipinski definition) is 3. The van der Waals surface area contributed by atoms with Crippen LogP contribution in [0.15, 0.2) is 12.4 Å². The average molecular weight is 225 g/mol. The van der Waals surface area contributed by atoms with E-state index in [2.05, 4.69) is 15.3 Å². The van der Waals surface area contributed by atoms with Gasteiger partial charge in [-0.15, -0.1) is 0 Å². The van der Waals surface area contributed by atoms with Crippen molar-refractivity contribution in [3.8, 4) is 0 Å². The molecular weight excluding hydrogens is 210 g/mol. The molecule has 0 saturated heterocycles. The first-order chi connectivity index (χ1) is 7.69.